The van der Waals surface area contributed by atoms with Gasteiger partial charge in [-0.1, -0.05) is 34.8 Å². The third-order valence-electron chi connectivity index (χ3n) is 0.321. The van der Waals surface area contributed by atoms with E-state index in [2.05, 4.69) is 92.8 Å². The maximum Gasteiger partial charge on any atom is 0.435 e. The molecule has 0 aromatic rings. The van der Waals surface area contributed by atoms with Gasteiger partial charge in [0.25, 0.3) is 3.79 Å². The fraction of sp³-hybridized carbons (Fsp3) is 1.00. The lowest BCUT2D eigenvalue weighted by atomic mass is 10.8. The molecule has 0 radical (unpaired) electrons. The van der Waals surface area contributed by atoms with Crippen molar-refractivity contribution in [2.75, 3.05) is 0 Å². The topological polar surface area (TPSA) is 0 Å². The van der Waals surface area contributed by atoms with Crippen molar-refractivity contribution in [1.82, 2.24) is 0 Å². The Labute approximate surface area is 137 Å². The van der Waals surface area contributed by atoms with Crippen LogP contribution in [0.1, 0.15) is 0 Å². The smallest absolute Gasteiger partial charge is 0.189 e. The molecule has 0 unspecified atom stereocenters. The van der Waals surface area contributed by atoms with E-state index in [0.717, 1.165) is 0 Å². The summed E-state index contributed by atoms with van der Waals surface area (Å²) in [5, 5.41) is 0. The molecule has 0 atom stereocenters. The Kier molecular flexibility index (Phi) is 12.5. The van der Waals surface area contributed by atoms with Gasteiger partial charge in [-0.3, -0.25) is 0 Å². The van der Waals surface area contributed by atoms with E-state index >= 15 is 0 Å². The quantitative estimate of drug-likeness (QED) is 0.273. The molecule has 0 fully saturated rings. The maximum atomic E-state index is 11.2. The van der Waals surface area contributed by atoms with Crippen LogP contribution >= 0.6 is 92.8 Å². The highest BCUT2D eigenvalue weighted by Crippen LogP contribution is 2.42. The Morgan fingerprint density at radius 2 is 0.556 bits per heavy atom. The van der Waals surface area contributed by atoms with Gasteiger partial charge in [0.1, 0.15) is 0 Å². The van der Waals surface area contributed by atoms with Crippen molar-refractivity contribution in [3.63, 3.8) is 0 Å². The Morgan fingerprint density at radius 3 is 0.556 bits per heavy atom. The molecule has 0 aliphatic heterocycles. The molecule has 14 heteroatoms. The Hall–Kier alpha value is 1.90. The molecule has 114 valence electrons. The second-order valence-corrected chi connectivity index (χ2v) is 7.42. The number of alkyl halides is 14. The van der Waals surface area contributed by atoms with Crippen molar-refractivity contribution >= 4 is 92.8 Å². The van der Waals surface area contributed by atoms with E-state index < -0.39 is 18.9 Å². The maximum absolute atomic E-state index is 11.2. The Bertz CT molecular complexity index is 174. The fourth-order valence-corrected chi connectivity index (χ4v) is 0. The average molecular weight is 446 g/mol. The highest BCUT2D eigenvalue weighted by molar-refractivity contribution is 6.68. The molecule has 0 saturated heterocycles. The minimum absolute atomic E-state index is 2.58. The molecule has 0 amide bonds. The minimum atomic E-state index is -4.77. The lowest BCUT2D eigenvalue weighted by Crippen LogP contribution is -2.27. The molecule has 0 N–H and O–H groups in total. The molecule has 0 aromatic carbocycles. The van der Waals surface area contributed by atoms with Gasteiger partial charge in [-0.25, -0.2) is 0 Å². The number of rotatable bonds is 0. The molecular weight excluding hydrogens is 446 g/mol. The van der Waals surface area contributed by atoms with Crippen LogP contribution in [0.3, 0.4) is 0 Å². The zero-order valence-electron chi connectivity index (χ0n) is 7.29. The zero-order valence-corrected chi connectivity index (χ0v) is 13.3. The Balaban J connectivity index is -0.000000197. The van der Waals surface area contributed by atoms with E-state index in [0.29, 0.717) is 0 Å². The second-order valence-electron chi connectivity index (χ2n) is 1.85. The van der Waals surface area contributed by atoms with Crippen LogP contribution in [0.25, 0.3) is 0 Å². The van der Waals surface area contributed by atoms with Gasteiger partial charge in [-0.15, -0.1) is 0 Å². The first-order valence-corrected chi connectivity index (χ1v) is 5.92. The molecule has 18 heavy (non-hydrogen) atoms. The highest BCUT2D eigenvalue weighted by atomic mass is 35.6. The summed E-state index contributed by atoms with van der Waals surface area (Å²) < 4.78 is 59.9. The number of halogens is 14. The van der Waals surface area contributed by atoms with E-state index in [4.69, 9.17) is 0 Å². The molecule has 0 bridgehead atoms. The molecular formula is C4Cl8F6. The summed E-state index contributed by atoms with van der Waals surface area (Å²) in [5.74, 6) is 0. The van der Waals surface area contributed by atoms with Crippen LogP contribution in [-0.2, 0) is 0 Å². The molecule has 0 nitrogen and oxygen atoms in total. The van der Waals surface area contributed by atoms with Gasteiger partial charge in [-0.05, 0) is 58.0 Å². The van der Waals surface area contributed by atoms with Gasteiger partial charge in [-0.2, -0.15) is 26.3 Å². The van der Waals surface area contributed by atoms with Crippen LogP contribution in [0.2, 0.25) is 0 Å². The van der Waals surface area contributed by atoms with E-state index in [1.54, 1.807) is 0 Å². The summed E-state index contributed by atoms with van der Waals surface area (Å²) in [6.45, 7) is 0. The summed E-state index contributed by atoms with van der Waals surface area (Å²) in [6.07, 6.45) is -4.77. The van der Waals surface area contributed by atoms with Crippen molar-refractivity contribution in [2.24, 2.45) is 0 Å². The van der Waals surface area contributed by atoms with E-state index in [1.165, 1.54) is 0 Å². The molecule has 0 aliphatic carbocycles. The Morgan fingerprint density at radius 1 is 0.500 bits per heavy atom. The third-order valence-corrected chi connectivity index (χ3v) is 0.964. The van der Waals surface area contributed by atoms with Crippen molar-refractivity contribution < 1.29 is 26.3 Å². The molecule has 0 heterocycles. The van der Waals surface area contributed by atoms with Crippen LogP contribution in [0.15, 0.2) is 0 Å². The zero-order chi connectivity index (χ0) is 16.0. The summed E-state index contributed by atoms with van der Waals surface area (Å²) in [4.78, 5) is -3.56. The van der Waals surface area contributed by atoms with E-state index in [-0.39, 0.29) is 0 Å². The lowest BCUT2D eigenvalue weighted by Gasteiger charge is -2.13. The average Bonchev–Trinajstić information content (AvgIpc) is 1.70. The first-order valence-electron chi connectivity index (χ1n) is 2.90. The SMILES string of the molecule is FC(Cl)(Cl)Cl.FC(F)(Cl)Cl.FC(F)(F)C(Cl)(Cl)Cl. The normalized spacial score (nSPS) is 13.0. The van der Waals surface area contributed by atoms with Crippen LogP contribution < -0.4 is 0 Å². The van der Waals surface area contributed by atoms with Gasteiger partial charge in [0.15, 0.2) is 0 Å². The van der Waals surface area contributed by atoms with Crippen LogP contribution in [0.5, 0.6) is 0 Å². The van der Waals surface area contributed by atoms with Crippen LogP contribution in [0.4, 0.5) is 26.3 Å². The monoisotopic (exact) mass is 442 g/mol. The predicted octanol–water partition coefficient (Wildman–Crippen LogP) is 7.22. The van der Waals surface area contributed by atoms with Crippen molar-refractivity contribution in [2.45, 2.75) is 18.9 Å². The molecule has 0 aliphatic rings. The third kappa shape index (κ3) is 43.0. The van der Waals surface area contributed by atoms with Gasteiger partial charge >= 0.3 is 15.1 Å². The largest absolute Gasteiger partial charge is 0.435 e. The number of hydrogen-bond donors (Lipinski definition) is 0. The highest BCUT2D eigenvalue weighted by Gasteiger charge is 2.51. The molecule has 0 spiro atoms. The van der Waals surface area contributed by atoms with E-state index in [1.807, 2.05) is 0 Å². The summed E-state index contributed by atoms with van der Waals surface area (Å²) in [6, 6.07) is 0. The summed E-state index contributed by atoms with van der Waals surface area (Å²) in [5.41, 5.74) is 0. The summed E-state index contributed by atoms with van der Waals surface area (Å²) >= 11 is 34.4. The molecule has 0 saturated carbocycles. The molecule has 0 rings (SSSR count). The first kappa shape index (κ1) is 24.9. The van der Waals surface area contributed by atoms with E-state index in [9.17, 15) is 26.3 Å². The second kappa shape index (κ2) is 9.03. The van der Waals surface area contributed by atoms with Gasteiger partial charge in [0, 0.05) is 0 Å². The fourth-order valence-electron chi connectivity index (χ4n) is 0. The predicted molar refractivity (Wildman–Crippen MR) is 64.4 cm³/mol. The van der Waals surface area contributed by atoms with Gasteiger partial charge in [0.05, 0.1) is 0 Å². The molecule has 0 aromatic heterocycles. The van der Waals surface area contributed by atoms with Crippen LogP contribution in [-0.4, -0.2) is 18.9 Å². The lowest BCUT2D eigenvalue weighted by molar-refractivity contribution is -0.124. The first-order chi connectivity index (χ1) is 7.25. The summed E-state index contributed by atoms with van der Waals surface area (Å²) in [7, 11) is 0. The van der Waals surface area contributed by atoms with Gasteiger partial charge in [0.2, 0.25) is 0 Å². The van der Waals surface area contributed by atoms with Gasteiger partial charge < -0.3 is 0 Å². The van der Waals surface area contributed by atoms with Crippen molar-refractivity contribution in [3.8, 4) is 0 Å². The van der Waals surface area contributed by atoms with Crippen molar-refractivity contribution in [3.05, 3.63) is 0 Å². The number of hydrogen-bond acceptors (Lipinski definition) is 0. The van der Waals surface area contributed by atoms with Crippen LogP contribution in [0, 0.1) is 0 Å². The van der Waals surface area contributed by atoms with Crippen molar-refractivity contribution in [1.29, 1.82) is 0 Å². The minimum Gasteiger partial charge on any atom is -0.189 e. The standard InChI is InChI=1S/C2Cl3F3.CCl3F.CCl2F2/c3-1(4,5)2(6,7)8;2*2-1(3,4)5.